The number of benzene rings is 1. The molecule has 0 bridgehead atoms. The van der Waals surface area contributed by atoms with Crippen molar-refractivity contribution < 1.29 is 0 Å². The molecule has 2 heteroatoms. The van der Waals surface area contributed by atoms with Crippen molar-refractivity contribution in [1.29, 1.82) is 0 Å². The molecule has 0 aliphatic rings. The van der Waals surface area contributed by atoms with E-state index in [1.807, 2.05) is 0 Å². The first-order valence-corrected chi connectivity index (χ1v) is 7.01. The summed E-state index contributed by atoms with van der Waals surface area (Å²) in [5, 5.41) is 3.40. The molecule has 17 heavy (non-hydrogen) atoms. The van der Waals surface area contributed by atoms with Crippen LogP contribution in [0.4, 0.5) is 0 Å². The molecule has 0 aliphatic heterocycles. The Morgan fingerprint density at radius 2 is 2.12 bits per heavy atom. The quantitative estimate of drug-likeness (QED) is 0.849. The van der Waals surface area contributed by atoms with Gasteiger partial charge in [-0.25, -0.2) is 0 Å². The summed E-state index contributed by atoms with van der Waals surface area (Å²) in [6.45, 7) is 10.7. The van der Waals surface area contributed by atoms with Crippen LogP contribution in [0.5, 0.6) is 0 Å². The van der Waals surface area contributed by atoms with Crippen molar-refractivity contribution in [1.82, 2.24) is 5.32 Å². The zero-order chi connectivity index (χ0) is 12.8. The van der Waals surface area contributed by atoms with E-state index in [1.165, 1.54) is 21.2 Å². The van der Waals surface area contributed by atoms with Crippen molar-refractivity contribution in [2.24, 2.45) is 5.92 Å². The lowest BCUT2D eigenvalue weighted by molar-refractivity contribution is 0.682. The van der Waals surface area contributed by atoms with Crippen molar-refractivity contribution in [2.45, 2.75) is 27.7 Å². The van der Waals surface area contributed by atoms with Crippen LogP contribution in [0.25, 0.3) is 6.08 Å². The number of halogens is 1. The molecule has 0 fully saturated rings. The molecule has 0 radical (unpaired) electrons. The van der Waals surface area contributed by atoms with Crippen molar-refractivity contribution >= 4 is 22.0 Å². The Labute approximate surface area is 113 Å². The summed E-state index contributed by atoms with van der Waals surface area (Å²) < 4.78 is 1.17. The molecule has 1 nitrogen and oxygen atoms in total. The van der Waals surface area contributed by atoms with Gasteiger partial charge in [-0.2, -0.15) is 0 Å². The van der Waals surface area contributed by atoms with Gasteiger partial charge in [-0.05, 0) is 36.6 Å². The summed E-state index contributed by atoms with van der Waals surface area (Å²) in [5.74, 6) is 0.572. The number of aryl methyl sites for hydroxylation is 1. The Balaban J connectivity index is 2.95. The molecule has 0 unspecified atom stereocenters. The van der Waals surface area contributed by atoms with Crippen LogP contribution in [0, 0.1) is 12.8 Å². The molecule has 0 heterocycles. The lowest BCUT2D eigenvalue weighted by Gasteiger charge is -2.13. The standard InChI is InChI=1S/C15H22BrN/c1-5-17-10-14(11(2)3)9-13-7-6-12(4)8-15(13)16/h6-9,11,17H,5,10H2,1-4H3/b14-9-. The number of hydrogen-bond donors (Lipinski definition) is 1. The molecule has 0 saturated carbocycles. The monoisotopic (exact) mass is 295 g/mol. The van der Waals surface area contributed by atoms with Crippen LogP contribution >= 0.6 is 15.9 Å². The fourth-order valence-electron chi connectivity index (χ4n) is 1.64. The van der Waals surface area contributed by atoms with Crippen LogP contribution in [-0.2, 0) is 0 Å². The Morgan fingerprint density at radius 1 is 1.41 bits per heavy atom. The van der Waals surface area contributed by atoms with Gasteiger partial charge in [0.1, 0.15) is 0 Å². The van der Waals surface area contributed by atoms with Gasteiger partial charge >= 0.3 is 0 Å². The van der Waals surface area contributed by atoms with E-state index in [1.54, 1.807) is 0 Å². The molecule has 1 N–H and O–H groups in total. The summed E-state index contributed by atoms with van der Waals surface area (Å²) in [5.41, 5.74) is 3.99. The molecule has 1 rings (SSSR count). The second kappa shape index (κ2) is 6.97. The minimum atomic E-state index is 0.572. The third-order valence-corrected chi connectivity index (χ3v) is 3.50. The van der Waals surface area contributed by atoms with Gasteiger partial charge in [-0.1, -0.05) is 60.5 Å². The third-order valence-electron chi connectivity index (χ3n) is 2.82. The Morgan fingerprint density at radius 3 is 2.65 bits per heavy atom. The topological polar surface area (TPSA) is 12.0 Å². The maximum absolute atomic E-state index is 3.63. The summed E-state index contributed by atoms with van der Waals surface area (Å²) >= 11 is 3.63. The molecule has 1 aromatic carbocycles. The van der Waals surface area contributed by atoms with E-state index < -0.39 is 0 Å². The lowest BCUT2D eigenvalue weighted by atomic mass is 10.00. The van der Waals surface area contributed by atoms with E-state index in [-0.39, 0.29) is 0 Å². The van der Waals surface area contributed by atoms with Gasteiger partial charge in [0.05, 0.1) is 0 Å². The third kappa shape index (κ3) is 4.64. The Bertz CT molecular complexity index is 394. The van der Waals surface area contributed by atoms with Crippen molar-refractivity contribution in [3.63, 3.8) is 0 Å². The number of hydrogen-bond acceptors (Lipinski definition) is 1. The predicted octanol–water partition coefficient (Wildman–Crippen LogP) is 4.41. The minimum Gasteiger partial charge on any atom is -0.313 e. The Hall–Kier alpha value is -0.600. The molecular formula is C15H22BrN. The maximum Gasteiger partial charge on any atom is 0.0250 e. The smallest absolute Gasteiger partial charge is 0.0250 e. The fourth-order valence-corrected chi connectivity index (χ4v) is 2.25. The largest absolute Gasteiger partial charge is 0.313 e. The average Bonchev–Trinajstić information content (AvgIpc) is 2.26. The summed E-state index contributed by atoms with van der Waals surface area (Å²) in [6, 6.07) is 6.49. The molecule has 0 saturated heterocycles. The van der Waals surface area contributed by atoms with Crippen LogP contribution in [0.1, 0.15) is 31.9 Å². The number of rotatable bonds is 5. The first-order valence-electron chi connectivity index (χ1n) is 6.22. The summed E-state index contributed by atoms with van der Waals surface area (Å²) in [7, 11) is 0. The highest BCUT2D eigenvalue weighted by Crippen LogP contribution is 2.22. The molecule has 0 aromatic heterocycles. The van der Waals surface area contributed by atoms with Crippen LogP contribution < -0.4 is 5.32 Å². The van der Waals surface area contributed by atoms with E-state index in [0.29, 0.717) is 5.92 Å². The van der Waals surface area contributed by atoms with Gasteiger partial charge in [0.25, 0.3) is 0 Å². The highest BCUT2D eigenvalue weighted by atomic mass is 79.9. The van der Waals surface area contributed by atoms with Gasteiger partial charge in [0.2, 0.25) is 0 Å². The van der Waals surface area contributed by atoms with E-state index >= 15 is 0 Å². The lowest BCUT2D eigenvalue weighted by Crippen LogP contribution is -2.18. The molecule has 0 spiro atoms. The number of likely N-dealkylation sites (N-methyl/N-ethyl adjacent to an activating group) is 1. The molecule has 0 atom stereocenters. The summed E-state index contributed by atoms with van der Waals surface area (Å²) in [6.07, 6.45) is 2.29. The summed E-state index contributed by atoms with van der Waals surface area (Å²) in [4.78, 5) is 0. The van der Waals surface area contributed by atoms with Crippen LogP contribution in [0.15, 0.2) is 28.2 Å². The first kappa shape index (κ1) is 14.5. The zero-order valence-corrected chi connectivity index (χ0v) is 12.8. The Kier molecular flexibility index (Phi) is 5.93. The predicted molar refractivity (Wildman–Crippen MR) is 80.2 cm³/mol. The molecule has 0 aliphatic carbocycles. The van der Waals surface area contributed by atoms with Gasteiger partial charge in [-0.15, -0.1) is 0 Å². The van der Waals surface area contributed by atoms with E-state index in [2.05, 4.69) is 73.2 Å². The van der Waals surface area contributed by atoms with Crippen molar-refractivity contribution in [3.05, 3.63) is 39.4 Å². The fraction of sp³-hybridized carbons (Fsp3) is 0.467. The van der Waals surface area contributed by atoms with Crippen LogP contribution in [0.2, 0.25) is 0 Å². The second-order valence-electron chi connectivity index (χ2n) is 4.68. The molecule has 94 valence electrons. The van der Waals surface area contributed by atoms with E-state index in [0.717, 1.165) is 13.1 Å². The zero-order valence-electron chi connectivity index (χ0n) is 11.2. The van der Waals surface area contributed by atoms with E-state index in [9.17, 15) is 0 Å². The molecule has 1 aromatic rings. The highest BCUT2D eigenvalue weighted by molar-refractivity contribution is 9.10. The van der Waals surface area contributed by atoms with Gasteiger partial charge in [0.15, 0.2) is 0 Å². The SMILES string of the molecule is CCNC/C(=C/c1ccc(C)cc1Br)C(C)C. The van der Waals surface area contributed by atoms with Crippen molar-refractivity contribution in [3.8, 4) is 0 Å². The highest BCUT2D eigenvalue weighted by Gasteiger charge is 2.04. The van der Waals surface area contributed by atoms with Gasteiger partial charge in [0, 0.05) is 11.0 Å². The van der Waals surface area contributed by atoms with E-state index in [4.69, 9.17) is 0 Å². The average molecular weight is 296 g/mol. The van der Waals surface area contributed by atoms with Gasteiger partial charge < -0.3 is 5.32 Å². The van der Waals surface area contributed by atoms with Crippen molar-refractivity contribution in [2.75, 3.05) is 13.1 Å². The first-order chi connectivity index (χ1) is 8.04. The number of nitrogens with one attached hydrogen (secondary N) is 1. The second-order valence-corrected chi connectivity index (χ2v) is 5.53. The normalized spacial score (nSPS) is 12.2. The van der Waals surface area contributed by atoms with Gasteiger partial charge in [-0.3, -0.25) is 0 Å². The van der Waals surface area contributed by atoms with Crippen LogP contribution in [-0.4, -0.2) is 13.1 Å². The maximum atomic E-state index is 3.63. The van der Waals surface area contributed by atoms with Crippen LogP contribution in [0.3, 0.4) is 0 Å². The minimum absolute atomic E-state index is 0.572. The molecular weight excluding hydrogens is 274 g/mol. The molecule has 0 amide bonds.